The topological polar surface area (TPSA) is 46.6 Å². The van der Waals surface area contributed by atoms with Crippen LogP contribution in [0.5, 0.6) is 0 Å². The molecule has 0 saturated heterocycles. The largest absolute Gasteiger partial charge is 0.363 e. The summed E-state index contributed by atoms with van der Waals surface area (Å²) in [6, 6.07) is 8.39. The molecule has 1 rings (SSSR count). The van der Waals surface area contributed by atoms with Gasteiger partial charge in [0.2, 0.25) is 0 Å². The van der Waals surface area contributed by atoms with E-state index in [4.69, 9.17) is 4.84 Å². The van der Waals surface area contributed by atoms with E-state index >= 15 is 0 Å². The number of carbonyl (C=O) groups excluding carboxylic acids is 2. The van der Waals surface area contributed by atoms with Crippen molar-refractivity contribution in [1.29, 1.82) is 0 Å². The zero-order valence-corrected chi connectivity index (χ0v) is 12.2. The summed E-state index contributed by atoms with van der Waals surface area (Å²) in [7, 11) is 0. The normalized spacial score (nSPS) is 11.8. The number of rotatable bonds is 5. The van der Waals surface area contributed by atoms with Gasteiger partial charge < -0.3 is 4.84 Å². The molecule has 0 N–H and O–H groups in total. The van der Waals surface area contributed by atoms with Crippen LogP contribution in [0.4, 0.5) is 0 Å². The van der Waals surface area contributed by atoms with E-state index in [0.29, 0.717) is 12.0 Å². The Bertz CT molecular complexity index is 468. The van der Waals surface area contributed by atoms with Gasteiger partial charge in [0.1, 0.15) is 0 Å². The molecule has 0 aliphatic heterocycles. The molecule has 0 saturated carbocycles. The first-order chi connectivity index (χ1) is 9.47. The summed E-state index contributed by atoms with van der Waals surface area (Å²) in [5.41, 5.74) is 0.419. The Morgan fingerprint density at radius 3 is 2.35 bits per heavy atom. The van der Waals surface area contributed by atoms with Crippen molar-refractivity contribution in [3.63, 3.8) is 0 Å². The van der Waals surface area contributed by atoms with Crippen molar-refractivity contribution in [2.75, 3.05) is 0 Å². The van der Waals surface area contributed by atoms with Crippen molar-refractivity contribution in [2.24, 2.45) is 5.92 Å². The van der Waals surface area contributed by atoms with Crippen molar-refractivity contribution < 1.29 is 14.4 Å². The highest BCUT2D eigenvalue weighted by atomic mass is 16.7. The van der Waals surface area contributed by atoms with E-state index in [1.807, 2.05) is 6.07 Å². The van der Waals surface area contributed by atoms with Gasteiger partial charge in [-0.15, -0.1) is 6.58 Å². The molecule has 108 valence electrons. The lowest BCUT2D eigenvalue weighted by molar-refractivity contribution is -0.178. The van der Waals surface area contributed by atoms with Crippen LogP contribution in [0.25, 0.3) is 0 Å². The van der Waals surface area contributed by atoms with Gasteiger partial charge in [0.25, 0.3) is 5.91 Å². The second-order valence-corrected chi connectivity index (χ2v) is 4.93. The van der Waals surface area contributed by atoms with Gasteiger partial charge in [0, 0.05) is 5.92 Å². The minimum atomic E-state index is -0.529. The van der Waals surface area contributed by atoms with Crippen LogP contribution >= 0.6 is 0 Å². The average Bonchev–Trinajstić information content (AvgIpc) is 2.44. The van der Waals surface area contributed by atoms with Crippen LogP contribution in [0, 0.1) is 5.92 Å². The lowest BCUT2D eigenvalue weighted by Gasteiger charge is -2.27. The van der Waals surface area contributed by atoms with Crippen molar-refractivity contribution in [1.82, 2.24) is 5.06 Å². The minimum Gasteiger partial charge on any atom is -0.332 e. The molecule has 20 heavy (non-hydrogen) atoms. The number of hydrogen-bond donors (Lipinski definition) is 0. The summed E-state index contributed by atoms with van der Waals surface area (Å²) in [4.78, 5) is 29.5. The Labute approximate surface area is 120 Å². The third-order valence-electron chi connectivity index (χ3n) is 2.82. The highest BCUT2D eigenvalue weighted by Crippen LogP contribution is 2.13. The van der Waals surface area contributed by atoms with Crippen LogP contribution < -0.4 is 0 Å². The summed E-state index contributed by atoms with van der Waals surface area (Å²) in [5.74, 6) is -1.01. The van der Waals surface area contributed by atoms with Gasteiger partial charge >= 0.3 is 5.97 Å². The monoisotopic (exact) mass is 275 g/mol. The van der Waals surface area contributed by atoms with Crippen molar-refractivity contribution in [3.05, 3.63) is 48.6 Å². The molecule has 0 spiro atoms. The first kappa shape index (κ1) is 16.0. The number of allylic oxidation sites excluding steroid dienone is 1. The standard InChI is InChI=1S/C16H21NO3/c1-5-9-13(4)15(18)17(12(2)3)20-16(19)14-10-7-6-8-11-14/h5-8,10-13H,1,9H2,2-4H3. The maximum atomic E-state index is 12.2. The minimum absolute atomic E-state index is 0.218. The number of nitrogens with zero attached hydrogens (tertiary/aromatic N) is 1. The van der Waals surface area contributed by atoms with Crippen LogP contribution in [0.15, 0.2) is 43.0 Å². The lowest BCUT2D eigenvalue weighted by Crippen LogP contribution is -2.41. The maximum Gasteiger partial charge on any atom is 0.363 e. The number of hydrogen-bond acceptors (Lipinski definition) is 3. The number of benzene rings is 1. The molecule has 1 atom stereocenters. The van der Waals surface area contributed by atoms with E-state index < -0.39 is 5.97 Å². The fourth-order valence-corrected chi connectivity index (χ4v) is 1.69. The zero-order valence-electron chi connectivity index (χ0n) is 12.2. The summed E-state index contributed by atoms with van der Waals surface area (Å²) in [5, 5.41) is 1.14. The molecule has 0 aliphatic rings. The number of amides is 1. The van der Waals surface area contributed by atoms with E-state index in [0.717, 1.165) is 5.06 Å². The quantitative estimate of drug-likeness (QED) is 0.612. The number of carbonyl (C=O) groups is 2. The van der Waals surface area contributed by atoms with Crippen LogP contribution in [0.3, 0.4) is 0 Å². The second kappa shape index (κ2) is 7.48. The predicted octanol–water partition coefficient (Wildman–Crippen LogP) is 3.21. The Morgan fingerprint density at radius 1 is 1.25 bits per heavy atom. The molecule has 1 aromatic carbocycles. The molecule has 4 nitrogen and oxygen atoms in total. The molecular weight excluding hydrogens is 254 g/mol. The molecule has 0 heterocycles. The van der Waals surface area contributed by atoms with Crippen molar-refractivity contribution in [2.45, 2.75) is 33.2 Å². The zero-order chi connectivity index (χ0) is 15.1. The molecule has 4 heteroatoms. The Morgan fingerprint density at radius 2 is 1.85 bits per heavy atom. The Hall–Kier alpha value is -2.10. The summed E-state index contributed by atoms with van der Waals surface area (Å²) in [6.07, 6.45) is 2.23. The maximum absolute atomic E-state index is 12.2. The van der Waals surface area contributed by atoms with E-state index in [1.54, 1.807) is 51.1 Å². The van der Waals surface area contributed by atoms with E-state index in [1.165, 1.54) is 0 Å². The molecule has 0 bridgehead atoms. The fraction of sp³-hybridized carbons (Fsp3) is 0.375. The Kier molecular flexibility index (Phi) is 5.97. The third kappa shape index (κ3) is 4.23. The lowest BCUT2D eigenvalue weighted by atomic mass is 10.1. The molecular formula is C16H21NO3. The van der Waals surface area contributed by atoms with Crippen LogP contribution in [-0.2, 0) is 9.63 Å². The van der Waals surface area contributed by atoms with Gasteiger partial charge in [0.15, 0.2) is 0 Å². The SMILES string of the molecule is C=CCC(C)C(=O)N(OC(=O)c1ccccc1)C(C)C. The van der Waals surface area contributed by atoms with Crippen molar-refractivity contribution in [3.8, 4) is 0 Å². The highest BCUT2D eigenvalue weighted by molar-refractivity contribution is 5.90. The van der Waals surface area contributed by atoms with Gasteiger partial charge in [-0.3, -0.25) is 4.79 Å². The molecule has 0 radical (unpaired) electrons. The molecule has 0 aromatic heterocycles. The first-order valence-corrected chi connectivity index (χ1v) is 6.68. The highest BCUT2D eigenvalue weighted by Gasteiger charge is 2.26. The van der Waals surface area contributed by atoms with Crippen LogP contribution in [0.1, 0.15) is 37.6 Å². The summed E-state index contributed by atoms with van der Waals surface area (Å²) < 4.78 is 0. The van der Waals surface area contributed by atoms with Crippen LogP contribution in [0.2, 0.25) is 0 Å². The van der Waals surface area contributed by atoms with Gasteiger partial charge in [-0.1, -0.05) is 31.2 Å². The molecule has 0 fully saturated rings. The predicted molar refractivity (Wildman–Crippen MR) is 77.8 cm³/mol. The molecule has 1 amide bonds. The molecule has 1 aromatic rings. The van der Waals surface area contributed by atoms with Crippen molar-refractivity contribution >= 4 is 11.9 Å². The number of hydroxylamine groups is 2. The van der Waals surface area contributed by atoms with E-state index in [9.17, 15) is 9.59 Å². The van der Waals surface area contributed by atoms with Gasteiger partial charge in [-0.05, 0) is 32.4 Å². The van der Waals surface area contributed by atoms with Gasteiger partial charge in [-0.25, -0.2) is 4.79 Å². The van der Waals surface area contributed by atoms with Gasteiger partial charge in [0.05, 0.1) is 11.6 Å². The fourth-order valence-electron chi connectivity index (χ4n) is 1.69. The second-order valence-electron chi connectivity index (χ2n) is 4.93. The average molecular weight is 275 g/mol. The van der Waals surface area contributed by atoms with E-state index in [-0.39, 0.29) is 17.9 Å². The van der Waals surface area contributed by atoms with E-state index in [2.05, 4.69) is 6.58 Å². The summed E-state index contributed by atoms with van der Waals surface area (Å²) >= 11 is 0. The Balaban J connectivity index is 2.80. The first-order valence-electron chi connectivity index (χ1n) is 6.68. The smallest absolute Gasteiger partial charge is 0.332 e. The summed E-state index contributed by atoms with van der Waals surface area (Å²) in [6.45, 7) is 9.01. The van der Waals surface area contributed by atoms with Crippen LogP contribution in [-0.4, -0.2) is 23.0 Å². The molecule has 1 unspecified atom stereocenters. The molecule has 0 aliphatic carbocycles. The van der Waals surface area contributed by atoms with Gasteiger partial charge in [-0.2, -0.15) is 5.06 Å². The third-order valence-corrected chi connectivity index (χ3v) is 2.82.